The Morgan fingerprint density at radius 2 is 1.56 bits per heavy atom. The number of hydrogen-bond donors (Lipinski definition) is 2. The zero-order valence-electron chi connectivity index (χ0n) is 32.7. The third-order valence-electron chi connectivity index (χ3n) is 12.9. The molecule has 57 heavy (non-hydrogen) atoms. The van der Waals surface area contributed by atoms with Crippen molar-refractivity contribution in [3.8, 4) is 11.8 Å². The van der Waals surface area contributed by atoms with Crippen molar-refractivity contribution in [2.75, 3.05) is 19.6 Å². The van der Waals surface area contributed by atoms with Gasteiger partial charge in [0.15, 0.2) is 0 Å². The number of rotatable bonds is 8. The minimum absolute atomic E-state index is 0.0383. The van der Waals surface area contributed by atoms with Gasteiger partial charge in [-0.1, -0.05) is 45.4 Å². The van der Waals surface area contributed by atoms with E-state index in [9.17, 15) is 29.2 Å². The lowest BCUT2D eigenvalue weighted by Gasteiger charge is -2.63. The Hall–Kier alpha value is -5.25. The first kappa shape index (κ1) is 38.6. The second-order valence-electron chi connectivity index (χ2n) is 17.5. The predicted molar refractivity (Wildman–Crippen MR) is 211 cm³/mol. The minimum Gasteiger partial charge on any atom is -0.489 e. The number of halogens is 1. The smallest absolute Gasteiger partial charge is 0.255 e. The molecule has 4 heterocycles. The first-order valence-electron chi connectivity index (χ1n) is 19.7. The van der Waals surface area contributed by atoms with Crippen LogP contribution in [0.1, 0.15) is 107 Å². The zero-order valence-corrected chi connectivity index (χ0v) is 33.4. The maximum Gasteiger partial charge on any atom is 0.255 e. The predicted octanol–water partition coefficient (Wildman–Crippen LogP) is 5.45. The summed E-state index contributed by atoms with van der Waals surface area (Å²) in [5, 5.41) is 15.1. The molecular weight excluding hydrogens is 744 g/mol. The summed E-state index contributed by atoms with van der Waals surface area (Å²) in [5.74, 6) is -0.0730. The van der Waals surface area contributed by atoms with Crippen LogP contribution in [0.5, 0.6) is 5.75 Å². The molecule has 3 fully saturated rings. The number of benzene rings is 3. The van der Waals surface area contributed by atoms with Crippen LogP contribution in [-0.2, 0) is 29.2 Å². The Kier molecular flexibility index (Phi) is 9.89. The summed E-state index contributed by atoms with van der Waals surface area (Å²) < 4.78 is 6.35. The molecule has 8 rings (SSSR count). The van der Waals surface area contributed by atoms with E-state index in [0.29, 0.717) is 65.0 Å². The number of nitrogens with one attached hydrogen (secondary N) is 2. The topological polar surface area (TPSA) is 152 Å². The third kappa shape index (κ3) is 7.06. The number of likely N-dealkylation sites (tertiary alicyclic amines) is 1. The van der Waals surface area contributed by atoms with Crippen LogP contribution < -0.4 is 15.4 Å². The maximum absolute atomic E-state index is 13.5. The highest BCUT2D eigenvalue weighted by Crippen LogP contribution is 2.55. The summed E-state index contributed by atoms with van der Waals surface area (Å²) in [6, 6.07) is 17.3. The molecule has 5 amide bonds. The summed E-state index contributed by atoms with van der Waals surface area (Å²) in [7, 11) is 0. The average molecular weight is 791 g/mol. The number of piperidine rings is 2. The summed E-state index contributed by atoms with van der Waals surface area (Å²) in [6.07, 6.45) is 2.16. The number of amides is 5. The lowest BCUT2D eigenvalue weighted by molar-refractivity contribution is -0.164. The van der Waals surface area contributed by atoms with Crippen LogP contribution in [-0.4, -0.2) is 82.1 Å². The van der Waals surface area contributed by atoms with E-state index < -0.39 is 22.8 Å². The molecule has 4 aliphatic heterocycles. The van der Waals surface area contributed by atoms with Gasteiger partial charge >= 0.3 is 0 Å². The molecule has 0 spiro atoms. The standard InChI is InChI=1S/C44H47ClN6O6/c1-43(2)41(44(3,4)42(43)57-32-10-9-28(20-46)34(45)19-32)48-37(53)26-5-7-27(8-6-26)39(55)50-15-13-25(14-16-50)21-49-22-29-17-31-24-51(35-11-12-36(52)47-38(35)54)40(56)33(31)18-30(29)23-49/h5-10,17-19,25,35,41-42H,11-16,21-24H2,1-4H3,(H,48,53)(H,47,52,54)/t35?,41-,42-. The largest absolute Gasteiger partial charge is 0.489 e. The quantitative estimate of drug-likeness (QED) is 0.286. The van der Waals surface area contributed by atoms with Gasteiger partial charge < -0.3 is 19.9 Å². The van der Waals surface area contributed by atoms with E-state index in [1.165, 1.54) is 5.56 Å². The van der Waals surface area contributed by atoms with Crippen molar-refractivity contribution in [3.05, 3.63) is 98.6 Å². The number of fused-ring (bicyclic) bond motifs is 2. The van der Waals surface area contributed by atoms with Crippen LogP contribution in [0.4, 0.5) is 0 Å². The number of nitriles is 1. The number of imide groups is 1. The average Bonchev–Trinajstić information content (AvgIpc) is 3.73. The lowest BCUT2D eigenvalue weighted by Crippen LogP contribution is -2.74. The highest BCUT2D eigenvalue weighted by molar-refractivity contribution is 6.31. The van der Waals surface area contributed by atoms with Crippen molar-refractivity contribution >= 4 is 41.1 Å². The lowest BCUT2D eigenvalue weighted by atomic mass is 9.49. The number of hydrogen-bond acceptors (Lipinski definition) is 8. The van der Waals surface area contributed by atoms with Crippen molar-refractivity contribution in [1.29, 1.82) is 5.26 Å². The van der Waals surface area contributed by atoms with Crippen LogP contribution in [0.2, 0.25) is 5.02 Å². The Morgan fingerprint density at radius 3 is 2.21 bits per heavy atom. The fourth-order valence-corrected chi connectivity index (χ4v) is 10.3. The SMILES string of the molecule is CC1(C)[C@H](NC(=O)c2ccc(C(=O)N3CCC(CN4Cc5cc6c(cc5C4)C(=O)N(C4CCC(=O)NC4=O)C6)CC3)cc2)C(C)(C)[C@H]1Oc1ccc(C#N)c(Cl)c1. The molecule has 1 saturated carbocycles. The molecule has 1 aliphatic carbocycles. The van der Waals surface area contributed by atoms with E-state index in [-0.39, 0.29) is 42.2 Å². The fraction of sp³-hybridized carbons (Fsp3) is 0.455. The molecule has 296 valence electrons. The van der Waals surface area contributed by atoms with Crippen molar-refractivity contribution in [1.82, 2.24) is 25.3 Å². The van der Waals surface area contributed by atoms with Gasteiger partial charge in [0.25, 0.3) is 17.7 Å². The first-order chi connectivity index (χ1) is 27.1. The normalized spacial score (nSPS) is 23.9. The molecular formula is C44H47ClN6O6. The molecule has 2 N–H and O–H groups in total. The van der Waals surface area contributed by atoms with Crippen LogP contribution in [0.15, 0.2) is 54.6 Å². The van der Waals surface area contributed by atoms with Crippen molar-refractivity contribution < 1.29 is 28.7 Å². The maximum atomic E-state index is 13.5. The summed E-state index contributed by atoms with van der Waals surface area (Å²) in [4.78, 5) is 70.3. The number of ether oxygens (including phenoxy) is 1. The molecule has 13 heteroatoms. The molecule has 0 aromatic heterocycles. The van der Waals surface area contributed by atoms with Gasteiger partial charge in [0, 0.05) is 85.3 Å². The van der Waals surface area contributed by atoms with E-state index in [2.05, 4.69) is 55.4 Å². The van der Waals surface area contributed by atoms with Gasteiger partial charge in [-0.3, -0.25) is 34.2 Å². The van der Waals surface area contributed by atoms with Gasteiger partial charge in [-0.05, 0) is 84.3 Å². The third-order valence-corrected chi connectivity index (χ3v) is 13.2. The van der Waals surface area contributed by atoms with Crippen molar-refractivity contribution in [2.24, 2.45) is 16.7 Å². The Bertz CT molecular complexity index is 2210. The van der Waals surface area contributed by atoms with Crippen molar-refractivity contribution in [2.45, 2.75) is 91.2 Å². The van der Waals surface area contributed by atoms with E-state index >= 15 is 0 Å². The van der Waals surface area contributed by atoms with Gasteiger partial charge in [-0.25, -0.2) is 0 Å². The molecule has 3 aromatic rings. The van der Waals surface area contributed by atoms with Gasteiger partial charge in [0.1, 0.15) is 24.0 Å². The number of carbonyl (C=O) groups excluding carboxylic acids is 5. The van der Waals surface area contributed by atoms with Crippen LogP contribution in [0, 0.1) is 28.1 Å². The molecule has 2 saturated heterocycles. The highest BCUT2D eigenvalue weighted by atomic mass is 35.5. The fourth-order valence-electron chi connectivity index (χ4n) is 10.1. The van der Waals surface area contributed by atoms with Gasteiger partial charge in [0.05, 0.1) is 10.6 Å². The minimum atomic E-state index is -0.615. The monoisotopic (exact) mass is 790 g/mol. The van der Waals surface area contributed by atoms with Crippen LogP contribution in [0.25, 0.3) is 0 Å². The van der Waals surface area contributed by atoms with Gasteiger partial charge in [0.2, 0.25) is 11.8 Å². The van der Waals surface area contributed by atoms with Crippen LogP contribution in [0.3, 0.4) is 0 Å². The van der Waals surface area contributed by atoms with Crippen LogP contribution >= 0.6 is 11.6 Å². The number of carbonyl (C=O) groups is 5. The molecule has 0 radical (unpaired) electrons. The Balaban J connectivity index is 0.807. The van der Waals surface area contributed by atoms with E-state index in [0.717, 1.165) is 43.6 Å². The number of nitrogens with zero attached hydrogens (tertiary/aromatic N) is 4. The molecule has 1 unspecified atom stereocenters. The van der Waals surface area contributed by atoms with Gasteiger partial charge in [-0.15, -0.1) is 0 Å². The summed E-state index contributed by atoms with van der Waals surface area (Å²) in [5.41, 5.74) is 4.55. The zero-order chi connectivity index (χ0) is 40.4. The molecule has 1 atom stereocenters. The molecule has 3 aromatic carbocycles. The Morgan fingerprint density at radius 1 is 0.895 bits per heavy atom. The molecule has 12 nitrogen and oxygen atoms in total. The molecule has 5 aliphatic rings. The second-order valence-corrected chi connectivity index (χ2v) is 17.9. The first-order valence-corrected chi connectivity index (χ1v) is 20.1. The van der Waals surface area contributed by atoms with Gasteiger partial charge in [-0.2, -0.15) is 5.26 Å². The highest BCUT2D eigenvalue weighted by Gasteiger charge is 2.64. The Labute approximate surface area is 337 Å². The summed E-state index contributed by atoms with van der Waals surface area (Å²) >= 11 is 6.24. The van der Waals surface area contributed by atoms with E-state index in [1.807, 2.05) is 11.0 Å². The van der Waals surface area contributed by atoms with E-state index in [4.69, 9.17) is 16.3 Å². The van der Waals surface area contributed by atoms with Crippen molar-refractivity contribution in [3.63, 3.8) is 0 Å². The summed E-state index contributed by atoms with van der Waals surface area (Å²) in [6.45, 7) is 12.4. The second kappa shape index (κ2) is 14.6. The van der Waals surface area contributed by atoms with E-state index in [1.54, 1.807) is 47.4 Å². The molecule has 0 bridgehead atoms.